The molecular weight excluding hydrogens is 248 g/mol. The number of alkyl halides is 2. The minimum atomic E-state index is -2.53. The first kappa shape index (κ1) is 11.4. The normalized spacial score (nSPS) is 29.2. The van der Waals surface area contributed by atoms with Gasteiger partial charge in [0.25, 0.3) is 0 Å². The van der Waals surface area contributed by atoms with Crippen molar-refractivity contribution in [3.8, 4) is 0 Å². The maximum absolute atomic E-state index is 13.1. The number of pyridine rings is 1. The van der Waals surface area contributed by atoms with Crippen LogP contribution in [0, 0.1) is 0 Å². The first-order chi connectivity index (χ1) is 8.03. The van der Waals surface area contributed by atoms with E-state index >= 15 is 0 Å². The molecule has 5 heteroatoms. The number of hydrogen-bond donors (Lipinski definition) is 0. The third-order valence-electron chi connectivity index (χ3n) is 3.64. The van der Waals surface area contributed by atoms with Crippen LogP contribution in [-0.4, -0.2) is 16.5 Å². The van der Waals surface area contributed by atoms with Crippen LogP contribution in [0.25, 0.3) is 0 Å². The summed E-state index contributed by atoms with van der Waals surface area (Å²) < 4.78 is 31.8. The van der Waals surface area contributed by atoms with Crippen molar-refractivity contribution >= 4 is 11.6 Å². The summed E-state index contributed by atoms with van der Waals surface area (Å²) in [5.41, 5.74) is 0.249. The molecule has 1 saturated heterocycles. The molecule has 2 aliphatic rings. The second-order valence-electron chi connectivity index (χ2n) is 4.79. The number of halogens is 3. The van der Waals surface area contributed by atoms with Gasteiger partial charge in [0, 0.05) is 19.0 Å². The highest BCUT2D eigenvalue weighted by Crippen LogP contribution is 2.60. The van der Waals surface area contributed by atoms with Crippen LogP contribution in [0.4, 0.5) is 8.78 Å². The van der Waals surface area contributed by atoms with E-state index in [0.717, 1.165) is 0 Å². The van der Waals surface area contributed by atoms with E-state index in [2.05, 4.69) is 4.98 Å². The van der Waals surface area contributed by atoms with Gasteiger partial charge in [-0.1, -0.05) is 11.6 Å². The van der Waals surface area contributed by atoms with Crippen LogP contribution in [-0.2, 0) is 4.74 Å². The Bertz CT molecular complexity index is 442. The molecule has 1 spiro atoms. The van der Waals surface area contributed by atoms with E-state index in [-0.39, 0.29) is 18.9 Å². The summed E-state index contributed by atoms with van der Waals surface area (Å²) in [6.07, 6.45) is 2.01. The quantitative estimate of drug-likeness (QED) is 0.718. The summed E-state index contributed by atoms with van der Waals surface area (Å²) >= 11 is 6.03. The number of nitrogens with zero attached hydrogens (tertiary/aromatic N) is 1. The van der Waals surface area contributed by atoms with E-state index in [1.54, 1.807) is 18.3 Å². The van der Waals surface area contributed by atoms with E-state index < -0.39 is 11.5 Å². The molecule has 1 aliphatic carbocycles. The molecular formula is C12H12ClF2NO. The molecule has 0 aromatic carbocycles. The number of aromatic nitrogens is 1. The smallest absolute Gasteiger partial charge is 0.248 e. The average Bonchev–Trinajstić information content (AvgIpc) is 2.99. The molecule has 2 nitrogen and oxygen atoms in total. The monoisotopic (exact) mass is 259 g/mol. The molecule has 2 heterocycles. The van der Waals surface area contributed by atoms with E-state index in [1.807, 2.05) is 0 Å². The molecule has 1 aromatic heterocycles. The fourth-order valence-electron chi connectivity index (χ4n) is 2.52. The third kappa shape index (κ3) is 1.93. The van der Waals surface area contributed by atoms with Gasteiger partial charge in [-0.2, -0.15) is 0 Å². The molecule has 2 fully saturated rings. The molecule has 0 bridgehead atoms. The number of rotatable bonds is 1. The van der Waals surface area contributed by atoms with E-state index in [0.29, 0.717) is 23.6 Å². The summed E-state index contributed by atoms with van der Waals surface area (Å²) in [7, 11) is 0. The zero-order chi connectivity index (χ0) is 12.1. The molecule has 0 radical (unpaired) electrons. The highest BCUT2D eigenvalue weighted by molar-refractivity contribution is 6.31. The van der Waals surface area contributed by atoms with Crippen molar-refractivity contribution in [2.24, 2.45) is 0 Å². The lowest BCUT2D eigenvalue weighted by Gasteiger charge is -2.26. The van der Waals surface area contributed by atoms with Crippen LogP contribution in [0.2, 0.25) is 5.02 Å². The number of epoxide rings is 1. The molecule has 1 aromatic rings. The molecule has 92 valence electrons. The van der Waals surface area contributed by atoms with Crippen molar-refractivity contribution in [3.05, 3.63) is 29.0 Å². The fourth-order valence-corrected chi connectivity index (χ4v) is 2.74. The Morgan fingerprint density at radius 3 is 2.65 bits per heavy atom. The standard InChI is InChI=1S/C12H12ClF2NO/c13-8-2-1-7-16-9(8)10-11(17-10)3-5-12(14,15)6-4-11/h1-2,7,10H,3-6H2. The van der Waals surface area contributed by atoms with E-state index in [4.69, 9.17) is 16.3 Å². The van der Waals surface area contributed by atoms with Gasteiger partial charge in [-0.05, 0) is 25.0 Å². The van der Waals surface area contributed by atoms with E-state index in [1.165, 1.54) is 0 Å². The highest BCUT2D eigenvalue weighted by Gasteiger charge is 2.61. The SMILES string of the molecule is FC1(F)CCC2(CC1)OC2c1ncccc1Cl. The van der Waals surface area contributed by atoms with Crippen LogP contribution in [0.15, 0.2) is 18.3 Å². The van der Waals surface area contributed by atoms with Crippen molar-refractivity contribution in [3.63, 3.8) is 0 Å². The Morgan fingerprint density at radius 2 is 2.00 bits per heavy atom. The molecule has 0 amide bonds. The summed E-state index contributed by atoms with van der Waals surface area (Å²) in [6.45, 7) is 0. The van der Waals surface area contributed by atoms with Crippen molar-refractivity contribution in [2.75, 3.05) is 0 Å². The Kier molecular flexibility index (Phi) is 2.42. The second kappa shape index (κ2) is 3.62. The summed E-state index contributed by atoms with van der Waals surface area (Å²) in [6, 6.07) is 3.49. The summed E-state index contributed by atoms with van der Waals surface area (Å²) in [5.74, 6) is -2.53. The largest absolute Gasteiger partial charge is 0.359 e. The maximum Gasteiger partial charge on any atom is 0.248 e. The number of hydrogen-bond acceptors (Lipinski definition) is 2. The van der Waals surface area contributed by atoms with Crippen molar-refractivity contribution in [2.45, 2.75) is 43.3 Å². The van der Waals surface area contributed by atoms with E-state index in [9.17, 15) is 8.78 Å². The first-order valence-electron chi connectivity index (χ1n) is 5.69. The lowest BCUT2D eigenvalue weighted by Crippen LogP contribution is -2.30. The lowest BCUT2D eigenvalue weighted by atomic mass is 9.83. The predicted octanol–water partition coefficient (Wildman–Crippen LogP) is 3.75. The summed E-state index contributed by atoms with van der Waals surface area (Å²) in [5, 5.41) is 0.548. The third-order valence-corrected chi connectivity index (χ3v) is 3.96. The molecule has 1 aliphatic heterocycles. The molecule has 17 heavy (non-hydrogen) atoms. The second-order valence-corrected chi connectivity index (χ2v) is 5.20. The van der Waals surface area contributed by atoms with Crippen molar-refractivity contribution < 1.29 is 13.5 Å². The highest BCUT2D eigenvalue weighted by atomic mass is 35.5. The van der Waals surface area contributed by atoms with Crippen LogP contribution >= 0.6 is 11.6 Å². The Morgan fingerprint density at radius 1 is 1.29 bits per heavy atom. The Balaban J connectivity index is 1.77. The Labute approximate surface area is 103 Å². The van der Waals surface area contributed by atoms with Crippen LogP contribution in [0.3, 0.4) is 0 Å². The zero-order valence-electron chi connectivity index (χ0n) is 9.13. The molecule has 0 N–H and O–H groups in total. The minimum absolute atomic E-state index is 0.103. The fraction of sp³-hybridized carbons (Fsp3) is 0.583. The van der Waals surface area contributed by atoms with Gasteiger partial charge in [-0.25, -0.2) is 8.78 Å². The first-order valence-corrected chi connectivity index (χ1v) is 6.06. The van der Waals surface area contributed by atoms with Crippen LogP contribution < -0.4 is 0 Å². The van der Waals surface area contributed by atoms with Gasteiger partial charge < -0.3 is 4.74 Å². The Hall–Kier alpha value is -0.740. The van der Waals surface area contributed by atoms with Crippen LogP contribution in [0.1, 0.15) is 37.5 Å². The number of ether oxygens (including phenoxy) is 1. The van der Waals surface area contributed by atoms with Gasteiger partial charge in [-0.15, -0.1) is 0 Å². The van der Waals surface area contributed by atoms with Crippen LogP contribution in [0.5, 0.6) is 0 Å². The van der Waals surface area contributed by atoms with Gasteiger partial charge in [-0.3, -0.25) is 4.98 Å². The summed E-state index contributed by atoms with van der Waals surface area (Å²) in [4.78, 5) is 4.18. The minimum Gasteiger partial charge on any atom is -0.359 e. The lowest BCUT2D eigenvalue weighted by molar-refractivity contribution is -0.0508. The van der Waals surface area contributed by atoms with Gasteiger partial charge >= 0.3 is 0 Å². The van der Waals surface area contributed by atoms with Gasteiger partial charge in [0.2, 0.25) is 5.92 Å². The maximum atomic E-state index is 13.1. The average molecular weight is 260 g/mol. The molecule has 1 saturated carbocycles. The molecule has 3 rings (SSSR count). The molecule has 1 atom stereocenters. The molecule has 1 unspecified atom stereocenters. The van der Waals surface area contributed by atoms with Crippen molar-refractivity contribution in [1.29, 1.82) is 0 Å². The van der Waals surface area contributed by atoms with Crippen molar-refractivity contribution in [1.82, 2.24) is 4.98 Å². The van der Waals surface area contributed by atoms with Gasteiger partial charge in [0.15, 0.2) is 0 Å². The van der Waals surface area contributed by atoms with Gasteiger partial charge in [0.05, 0.1) is 10.7 Å². The zero-order valence-corrected chi connectivity index (χ0v) is 9.88. The predicted molar refractivity (Wildman–Crippen MR) is 59.2 cm³/mol. The topological polar surface area (TPSA) is 25.4 Å². The van der Waals surface area contributed by atoms with Gasteiger partial charge in [0.1, 0.15) is 11.7 Å².